The third kappa shape index (κ3) is 5.20. The van der Waals surface area contributed by atoms with Gasteiger partial charge in [-0.3, -0.25) is 25.0 Å². The molecule has 1 fully saturated rings. The van der Waals surface area contributed by atoms with Gasteiger partial charge in [0.1, 0.15) is 0 Å². The third-order valence-electron chi connectivity index (χ3n) is 4.58. The van der Waals surface area contributed by atoms with Gasteiger partial charge in [0.15, 0.2) is 10.6 Å². The van der Waals surface area contributed by atoms with Crippen LogP contribution in [0.15, 0.2) is 24.3 Å². The zero-order valence-electron chi connectivity index (χ0n) is 15.8. The fraction of sp³-hybridized carbons (Fsp3) is 0.474. The van der Waals surface area contributed by atoms with Crippen LogP contribution in [0.25, 0.3) is 11.4 Å². The monoisotopic (exact) mass is 421 g/mol. The van der Waals surface area contributed by atoms with Gasteiger partial charge in [-0.05, 0) is 55.7 Å². The number of benzene rings is 1. The quantitative estimate of drug-likeness (QED) is 0.505. The number of hydrogen-bond acceptors (Lipinski definition) is 4. The van der Waals surface area contributed by atoms with Gasteiger partial charge in [0.2, 0.25) is 11.8 Å². The molecule has 1 heterocycles. The van der Waals surface area contributed by atoms with Gasteiger partial charge in [0, 0.05) is 29.5 Å². The van der Waals surface area contributed by atoms with Crippen molar-refractivity contribution in [1.29, 1.82) is 0 Å². The zero-order valence-corrected chi connectivity index (χ0v) is 17.4. The summed E-state index contributed by atoms with van der Waals surface area (Å²) in [6.07, 6.45) is 3.97. The van der Waals surface area contributed by atoms with E-state index in [1.54, 1.807) is 4.68 Å². The Balaban J connectivity index is 1.69. The Kier molecular flexibility index (Phi) is 6.85. The second kappa shape index (κ2) is 9.34. The molecule has 1 aliphatic rings. The molecule has 0 spiro atoms. The van der Waals surface area contributed by atoms with Crippen molar-refractivity contribution in [1.82, 2.24) is 25.2 Å². The SMILES string of the molecule is CCCCn1c(-c2ccc(Cl)cc2)nn(CCC(=O)NNC(=O)C2CC2)c1=S. The fourth-order valence-electron chi connectivity index (χ4n) is 2.77. The Hall–Kier alpha value is -2.19. The van der Waals surface area contributed by atoms with E-state index in [-0.39, 0.29) is 24.2 Å². The predicted molar refractivity (Wildman–Crippen MR) is 110 cm³/mol. The molecule has 1 aromatic carbocycles. The second-order valence-electron chi connectivity index (χ2n) is 6.90. The second-order valence-corrected chi connectivity index (χ2v) is 7.70. The van der Waals surface area contributed by atoms with Crippen molar-refractivity contribution in [2.45, 2.75) is 52.1 Å². The average Bonchev–Trinajstić information content (AvgIpc) is 3.49. The lowest BCUT2D eigenvalue weighted by Gasteiger charge is -2.06. The molecule has 0 atom stereocenters. The van der Waals surface area contributed by atoms with E-state index in [0.717, 1.165) is 43.6 Å². The van der Waals surface area contributed by atoms with Gasteiger partial charge in [0.25, 0.3) is 0 Å². The molecule has 9 heteroatoms. The Labute approximate surface area is 174 Å². The Morgan fingerprint density at radius 2 is 1.93 bits per heavy atom. The van der Waals surface area contributed by atoms with Gasteiger partial charge in [-0.2, -0.15) is 5.10 Å². The minimum Gasteiger partial charge on any atom is -0.300 e. The maximum absolute atomic E-state index is 12.0. The van der Waals surface area contributed by atoms with Gasteiger partial charge in [-0.15, -0.1) is 0 Å². The molecule has 1 aromatic heterocycles. The fourth-order valence-corrected chi connectivity index (χ4v) is 3.20. The number of hydrazine groups is 1. The van der Waals surface area contributed by atoms with Gasteiger partial charge < -0.3 is 0 Å². The van der Waals surface area contributed by atoms with Crippen LogP contribution in [0.4, 0.5) is 0 Å². The molecule has 28 heavy (non-hydrogen) atoms. The van der Waals surface area contributed by atoms with Crippen molar-refractivity contribution >= 4 is 35.6 Å². The van der Waals surface area contributed by atoms with E-state index in [1.165, 1.54) is 0 Å². The number of nitrogens with one attached hydrogen (secondary N) is 2. The van der Waals surface area contributed by atoms with E-state index < -0.39 is 0 Å². The highest BCUT2D eigenvalue weighted by Crippen LogP contribution is 2.28. The number of rotatable bonds is 8. The van der Waals surface area contributed by atoms with E-state index in [1.807, 2.05) is 28.8 Å². The molecule has 1 saturated carbocycles. The molecular weight excluding hydrogens is 398 g/mol. The van der Waals surface area contributed by atoms with Crippen LogP contribution in [0.3, 0.4) is 0 Å². The lowest BCUT2D eigenvalue weighted by atomic mass is 10.2. The molecule has 0 bridgehead atoms. The molecule has 0 saturated heterocycles. The van der Waals surface area contributed by atoms with Crippen molar-refractivity contribution in [2.75, 3.05) is 0 Å². The van der Waals surface area contributed by atoms with Crippen LogP contribution in [-0.2, 0) is 22.7 Å². The predicted octanol–water partition coefficient (Wildman–Crippen LogP) is 3.48. The first kappa shape index (κ1) is 20.5. The number of unbranched alkanes of at least 4 members (excludes halogenated alkanes) is 1. The van der Waals surface area contributed by atoms with Crippen LogP contribution in [0.1, 0.15) is 39.0 Å². The number of aryl methyl sites for hydroxylation is 1. The normalized spacial score (nSPS) is 13.4. The van der Waals surface area contributed by atoms with Crippen molar-refractivity contribution < 1.29 is 9.59 Å². The molecular formula is C19H24ClN5O2S. The number of amides is 2. The first-order chi connectivity index (χ1) is 13.5. The van der Waals surface area contributed by atoms with Crippen LogP contribution in [0.5, 0.6) is 0 Å². The number of aromatic nitrogens is 3. The first-order valence-corrected chi connectivity index (χ1v) is 10.3. The first-order valence-electron chi connectivity index (χ1n) is 9.52. The lowest BCUT2D eigenvalue weighted by Crippen LogP contribution is -2.42. The number of carbonyl (C=O) groups excluding carboxylic acids is 2. The van der Waals surface area contributed by atoms with E-state index in [2.05, 4.69) is 22.9 Å². The van der Waals surface area contributed by atoms with Gasteiger partial charge in [-0.25, -0.2) is 4.68 Å². The highest BCUT2D eigenvalue weighted by atomic mass is 35.5. The molecule has 2 aromatic rings. The van der Waals surface area contributed by atoms with Gasteiger partial charge in [0.05, 0.1) is 6.54 Å². The number of nitrogens with zero attached hydrogens (tertiary/aromatic N) is 3. The van der Waals surface area contributed by atoms with E-state index in [0.29, 0.717) is 16.3 Å². The average molecular weight is 422 g/mol. The molecule has 0 unspecified atom stereocenters. The number of hydrogen-bond donors (Lipinski definition) is 2. The zero-order chi connectivity index (χ0) is 20.1. The van der Waals surface area contributed by atoms with Crippen molar-refractivity contribution in [3.8, 4) is 11.4 Å². The smallest absolute Gasteiger partial charge is 0.241 e. The largest absolute Gasteiger partial charge is 0.300 e. The number of carbonyl (C=O) groups is 2. The minimum atomic E-state index is -0.271. The molecule has 2 N–H and O–H groups in total. The van der Waals surface area contributed by atoms with E-state index in [4.69, 9.17) is 23.8 Å². The third-order valence-corrected chi connectivity index (χ3v) is 5.27. The molecule has 1 aliphatic carbocycles. The molecule has 0 aliphatic heterocycles. The Bertz CT molecular complexity index is 902. The molecule has 2 amide bonds. The highest BCUT2D eigenvalue weighted by molar-refractivity contribution is 7.71. The molecule has 7 nitrogen and oxygen atoms in total. The summed E-state index contributed by atoms with van der Waals surface area (Å²) in [5, 5.41) is 5.29. The summed E-state index contributed by atoms with van der Waals surface area (Å²) in [7, 11) is 0. The van der Waals surface area contributed by atoms with Crippen LogP contribution in [0, 0.1) is 10.7 Å². The van der Waals surface area contributed by atoms with Crippen molar-refractivity contribution in [2.24, 2.45) is 5.92 Å². The summed E-state index contributed by atoms with van der Waals surface area (Å²) in [5.74, 6) is 0.411. The summed E-state index contributed by atoms with van der Waals surface area (Å²) in [4.78, 5) is 23.6. The van der Waals surface area contributed by atoms with Crippen molar-refractivity contribution in [3.63, 3.8) is 0 Å². The van der Waals surface area contributed by atoms with E-state index in [9.17, 15) is 9.59 Å². The summed E-state index contributed by atoms with van der Waals surface area (Å²) in [5.41, 5.74) is 5.83. The summed E-state index contributed by atoms with van der Waals surface area (Å²) >= 11 is 11.6. The number of halogens is 1. The summed E-state index contributed by atoms with van der Waals surface area (Å²) < 4.78 is 4.24. The molecule has 150 valence electrons. The topological polar surface area (TPSA) is 81.0 Å². The van der Waals surface area contributed by atoms with Crippen LogP contribution in [0.2, 0.25) is 5.02 Å². The maximum atomic E-state index is 12.0. The summed E-state index contributed by atoms with van der Waals surface area (Å²) in [6, 6.07) is 7.46. The standard InChI is InChI=1S/C19H24ClN5O2S/c1-2-3-11-24-17(13-6-8-15(20)9-7-13)23-25(19(24)28)12-10-16(26)21-22-18(27)14-4-5-14/h6-9,14H,2-5,10-12H2,1H3,(H,21,26)(H,22,27). The minimum absolute atomic E-state index is 0.0464. The van der Waals surface area contributed by atoms with E-state index >= 15 is 0 Å². The van der Waals surface area contributed by atoms with Gasteiger partial charge in [-0.1, -0.05) is 24.9 Å². The van der Waals surface area contributed by atoms with Crippen LogP contribution in [-0.4, -0.2) is 26.2 Å². The maximum Gasteiger partial charge on any atom is 0.241 e. The van der Waals surface area contributed by atoms with Crippen LogP contribution >= 0.6 is 23.8 Å². The molecule has 0 radical (unpaired) electrons. The van der Waals surface area contributed by atoms with Crippen molar-refractivity contribution in [3.05, 3.63) is 34.1 Å². The highest BCUT2D eigenvalue weighted by Gasteiger charge is 2.29. The Morgan fingerprint density at radius 3 is 2.57 bits per heavy atom. The van der Waals surface area contributed by atoms with Gasteiger partial charge >= 0.3 is 0 Å². The summed E-state index contributed by atoms with van der Waals surface area (Å²) in [6.45, 7) is 3.22. The van der Waals surface area contributed by atoms with Crippen LogP contribution < -0.4 is 10.9 Å². The molecule has 3 rings (SSSR count). The lowest BCUT2D eigenvalue weighted by molar-refractivity contribution is -0.129. The Morgan fingerprint density at radius 1 is 1.21 bits per heavy atom.